The van der Waals surface area contributed by atoms with Gasteiger partial charge in [0.25, 0.3) is 0 Å². The Morgan fingerprint density at radius 1 is 0.920 bits per heavy atom. The Labute approximate surface area is 309 Å². The zero-order chi connectivity index (χ0) is 37.2. The minimum absolute atomic E-state index is 0.0103. The molecule has 1 aliphatic rings. The highest BCUT2D eigenvalue weighted by Gasteiger charge is 2.46. The first-order chi connectivity index (χ1) is 23.3. The van der Waals surface area contributed by atoms with Gasteiger partial charge in [-0.2, -0.15) is 0 Å². The van der Waals surface area contributed by atoms with Gasteiger partial charge < -0.3 is 18.3 Å². The third-order valence-electron chi connectivity index (χ3n) is 10.5. The number of rotatable bonds is 17. The summed E-state index contributed by atoms with van der Waals surface area (Å²) in [5.74, 6) is 0.279. The average molecular weight is 742 g/mol. The van der Waals surface area contributed by atoms with E-state index >= 15 is 0 Å². The molecule has 0 unspecified atom stereocenters. The summed E-state index contributed by atoms with van der Waals surface area (Å²) in [7, 11) is -4.32. The summed E-state index contributed by atoms with van der Waals surface area (Å²) in [5, 5.41) is 0.642. The average Bonchev–Trinajstić information content (AvgIpc) is 3.30. The molecule has 0 bridgehead atoms. The van der Waals surface area contributed by atoms with E-state index in [2.05, 4.69) is 92.0 Å². The molecule has 0 N–H and O–H groups in total. The van der Waals surface area contributed by atoms with Crippen molar-refractivity contribution in [3.05, 3.63) is 89.5 Å². The lowest BCUT2D eigenvalue weighted by Crippen LogP contribution is -2.45. The first-order valence-corrected chi connectivity index (χ1v) is 24.3. The van der Waals surface area contributed by atoms with Crippen LogP contribution < -0.4 is 4.74 Å². The number of halogens is 1. The minimum atomic E-state index is -2.16. The minimum Gasteiger partial charge on any atom is -0.491 e. The van der Waals surface area contributed by atoms with Crippen molar-refractivity contribution in [3.63, 3.8) is 0 Å². The van der Waals surface area contributed by atoms with E-state index in [9.17, 15) is 9.59 Å². The zero-order valence-electron chi connectivity index (χ0n) is 32.1. The first kappa shape index (κ1) is 41.9. The Balaban J connectivity index is 1.75. The number of ketones is 1. The predicted molar refractivity (Wildman–Crippen MR) is 211 cm³/mol. The molecular weight excluding hydrogens is 680 g/mol. The maximum absolute atomic E-state index is 13.6. The van der Waals surface area contributed by atoms with Gasteiger partial charge >= 0.3 is 5.97 Å². The lowest BCUT2D eigenvalue weighted by molar-refractivity contribution is -0.145. The number of allylic oxidation sites excluding steroid dienone is 2. The van der Waals surface area contributed by atoms with Crippen LogP contribution in [0.1, 0.15) is 79.2 Å². The Morgan fingerprint density at radius 3 is 2.24 bits per heavy atom. The highest BCUT2D eigenvalue weighted by atomic mass is 35.5. The van der Waals surface area contributed by atoms with E-state index < -0.39 is 16.6 Å². The fourth-order valence-corrected chi connectivity index (χ4v) is 8.12. The van der Waals surface area contributed by atoms with Gasteiger partial charge in [-0.15, -0.1) is 0 Å². The van der Waals surface area contributed by atoms with Crippen LogP contribution in [0.15, 0.2) is 78.9 Å². The lowest BCUT2D eigenvalue weighted by Gasteiger charge is -2.40. The predicted octanol–water partition coefficient (Wildman–Crippen LogP) is 11.1. The smallest absolute Gasteiger partial charge is 0.306 e. The molecule has 3 rings (SSSR count). The summed E-state index contributed by atoms with van der Waals surface area (Å²) < 4.78 is 25.4. The highest BCUT2D eigenvalue weighted by molar-refractivity contribution is 6.74. The van der Waals surface area contributed by atoms with Gasteiger partial charge in [-0.25, -0.2) is 0 Å². The molecule has 0 aliphatic heterocycles. The standard InChI is InChI=1S/C41H61ClO6Si2/c1-40(2,3)49(7,8)47-34(30-45-33-22-18-21-32(42)27-33)25-26-36-35(37(43)28-38(36)48-50(9,10)41(4,5)6)23-16-11-12-17-24-39(44)46-29-31-19-14-13-15-20-31/h13-16,18-23,25-27,34-36,38H,11-12,17,24,28-30H2,1-10H3/b23-16-,26-25+/t34-,35-,36-,38-/m1/s1. The van der Waals surface area contributed by atoms with Crippen molar-refractivity contribution in [2.75, 3.05) is 6.61 Å². The SMILES string of the molecule is CC(C)(C)[Si](C)(C)O[C@H](/C=C/[C@H]1[C@H](O[Si](C)(C)C(C)(C)C)CC(=O)[C@@H]1/C=C\CCCCC(=O)OCc1ccccc1)COc1cccc(Cl)c1. The number of benzene rings is 2. The molecule has 2 aromatic rings. The molecular formula is C41H61ClO6Si2. The van der Waals surface area contributed by atoms with Crippen LogP contribution in [0.3, 0.4) is 0 Å². The second-order valence-corrected chi connectivity index (χ2v) is 26.5. The number of hydrogen-bond acceptors (Lipinski definition) is 6. The number of Topliss-reactive ketones (excluding diaryl/α,β-unsaturated/α-hetero) is 1. The van der Waals surface area contributed by atoms with Crippen LogP contribution in [-0.4, -0.2) is 47.2 Å². The van der Waals surface area contributed by atoms with Crippen molar-refractivity contribution in [1.29, 1.82) is 0 Å². The van der Waals surface area contributed by atoms with Crippen LogP contribution in [0.5, 0.6) is 5.75 Å². The fraction of sp³-hybridized carbons (Fsp3) is 0.561. The Kier molecular flexibility index (Phi) is 15.4. The van der Waals surface area contributed by atoms with Crippen LogP contribution in [0.2, 0.25) is 41.3 Å². The normalized spacial score (nSPS) is 19.7. The molecule has 9 heteroatoms. The van der Waals surface area contributed by atoms with Crippen LogP contribution in [0.4, 0.5) is 0 Å². The van der Waals surface area contributed by atoms with Gasteiger partial charge in [0, 0.05) is 29.7 Å². The molecule has 0 saturated heterocycles. The van der Waals surface area contributed by atoms with Gasteiger partial charge in [-0.05, 0) is 79.3 Å². The second kappa shape index (κ2) is 18.3. The highest BCUT2D eigenvalue weighted by Crippen LogP contribution is 2.43. The van der Waals surface area contributed by atoms with Gasteiger partial charge in [0.2, 0.25) is 0 Å². The molecule has 276 valence electrons. The van der Waals surface area contributed by atoms with Crippen molar-refractivity contribution >= 4 is 40.0 Å². The first-order valence-electron chi connectivity index (χ1n) is 18.1. The number of hydrogen-bond donors (Lipinski definition) is 0. The molecule has 2 aromatic carbocycles. The van der Waals surface area contributed by atoms with Crippen molar-refractivity contribution in [2.45, 2.75) is 129 Å². The molecule has 1 fully saturated rings. The van der Waals surface area contributed by atoms with E-state index in [4.69, 9.17) is 29.9 Å². The largest absolute Gasteiger partial charge is 0.491 e. The van der Waals surface area contributed by atoms with Gasteiger partial charge in [0.1, 0.15) is 24.7 Å². The van der Waals surface area contributed by atoms with Crippen molar-refractivity contribution < 1.29 is 27.9 Å². The number of carbonyl (C=O) groups excluding carboxylic acids is 2. The molecule has 0 aromatic heterocycles. The zero-order valence-corrected chi connectivity index (χ0v) is 34.8. The topological polar surface area (TPSA) is 71.1 Å². The summed E-state index contributed by atoms with van der Waals surface area (Å²) in [4.78, 5) is 25.9. The summed E-state index contributed by atoms with van der Waals surface area (Å²) in [6.45, 7) is 23.0. The molecule has 0 radical (unpaired) electrons. The maximum atomic E-state index is 13.6. The maximum Gasteiger partial charge on any atom is 0.306 e. The molecule has 6 nitrogen and oxygen atoms in total. The van der Waals surface area contributed by atoms with Crippen LogP contribution in [0.25, 0.3) is 0 Å². The Hall–Kier alpha value is -2.50. The van der Waals surface area contributed by atoms with Gasteiger partial charge in [-0.3, -0.25) is 9.59 Å². The van der Waals surface area contributed by atoms with Gasteiger partial charge in [0.15, 0.2) is 16.6 Å². The van der Waals surface area contributed by atoms with Crippen molar-refractivity contribution in [2.24, 2.45) is 11.8 Å². The number of carbonyl (C=O) groups is 2. The van der Waals surface area contributed by atoms with E-state index in [1.54, 1.807) is 0 Å². The summed E-state index contributed by atoms with van der Waals surface area (Å²) >= 11 is 6.23. The summed E-state index contributed by atoms with van der Waals surface area (Å²) in [6.07, 6.45) is 11.0. The molecule has 1 saturated carbocycles. The number of unbranched alkanes of at least 4 members (excludes halogenated alkanes) is 2. The van der Waals surface area contributed by atoms with Crippen LogP contribution in [-0.2, 0) is 29.8 Å². The molecule has 0 amide bonds. The fourth-order valence-electron chi connectivity index (χ4n) is 5.33. The second-order valence-electron chi connectivity index (χ2n) is 16.6. The molecule has 4 atom stereocenters. The quantitative estimate of drug-likeness (QED) is 0.0696. The monoisotopic (exact) mass is 740 g/mol. The van der Waals surface area contributed by atoms with Gasteiger partial charge in [-0.1, -0.05) is 114 Å². The number of esters is 1. The lowest BCUT2D eigenvalue weighted by atomic mass is 9.92. The molecule has 50 heavy (non-hydrogen) atoms. The van der Waals surface area contributed by atoms with E-state index in [1.165, 1.54) is 0 Å². The van der Waals surface area contributed by atoms with E-state index in [0.717, 1.165) is 24.8 Å². The molecule has 1 aliphatic carbocycles. The molecule has 0 spiro atoms. The van der Waals surface area contributed by atoms with Crippen LogP contribution in [0, 0.1) is 11.8 Å². The van der Waals surface area contributed by atoms with E-state index in [0.29, 0.717) is 36.8 Å². The van der Waals surface area contributed by atoms with Crippen molar-refractivity contribution in [3.8, 4) is 5.75 Å². The van der Waals surface area contributed by atoms with Crippen LogP contribution >= 0.6 is 11.6 Å². The van der Waals surface area contributed by atoms with Gasteiger partial charge in [0.05, 0.1) is 12.2 Å². The summed E-state index contributed by atoms with van der Waals surface area (Å²) in [5.41, 5.74) is 0.982. The van der Waals surface area contributed by atoms with Crippen molar-refractivity contribution in [1.82, 2.24) is 0 Å². The van der Waals surface area contributed by atoms with E-state index in [1.807, 2.05) is 54.6 Å². The van der Waals surface area contributed by atoms with E-state index in [-0.39, 0.29) is 45.9 Å². The third kappa shape index (κ3) is 12.9. The summed E-state index contributed by atoms with van der Waals surface area (Å²) in [6, 6.07) is 17.1. The Bertz CT molecular complexity index is 1440. The number of ether oxygens (including phenoxy) is 2. The third-order valence-corrected chi connectivity index (χ3v) is 19.7. The Morgan fingerprint density at radius 2 is 1.60 bits per heavy atom. The molecule has 0 heterocycles.